The van der Waals surface area contributed by atoms with E-state index in [-0.39, 0.29) is 12.5 Å². The maximum atomic E-state index is 13.0. The molecule has 4 aromatic rings. The molecule has 38 heavy (non-hydrogen) atoms. The van der Waals surface area contributed by atoms with Crippen LogP contribution in [0.15, 0.2) is 94.1 Å². The van der Waals surface area contributed by atoms with Gasteiger partial charge >= 0.3 is 0 Å². The predicted octanol–water partition coefficient (Wildman–Crippen LogP) is 5.90. The van der Waals surface area contributed by atoms with Gasteiger partial charge in [0.1, 0.15) is 17.2 Å². The van der Waals surface area contributed by atoms with Gasteiger partial charge < -0.3 is 19.2 Å². The Balaban J connectivity index is 1.33. The van der Waals surface area contributed by atoms with Gasteiger partial charge in [-0.05, 0) is 66.2 Å². The average molecular weight is 548 g/mol. The molecule has 1 aliphatic rings. The van der Waals surface area contributed by atoms with Gasteiger partial charge in [-0.2, -0.15) is 5.10 Å². The Hall–Kier alpha value is -4.53. The van der Waals surface area contributed by atoms with E-state index in [1.165, 1.54) is 12.3 Å². The van der Waals surface area contributed by atoms with Crippen LogP contribution in [0.2, 0.25) is 10.0 Å². The Morgan fingerprint density at radius 3 is 2.53 bits per heavy atom. The number of carbonyl (C=O) groups excluding carboxylic acids is 2. The van der Waals surface area contributed by atoms with Gasteiger partial charge in [-0.25, -0.2) is 5.43 Å². The highest BCUT2D eigenvalue weighted by Gasteiger charge is 2.17. The Morgan fingerprint density at radius 2 is 1.71 bits per heavy atom. The van der Waals surface area contributed by atoms with Crippen LogP contribution < -0.4 is 20.2 Å². The van der Waals surface area contributed by atoms with Gasteiger partial charge in [-0.1, -0.05) is 47.5 Å². The number of rotatable bonds is 7. The second kappa shape index (κ2) is 11.2. The van der Waals surface area contributed by atoms with Crippen molar-refractivity contribution in [3.8, 4) is 22.8 Å². The second-order valence-electron chi connectivity index (χ2n) is 8.02. The smallest absolute Gasteiger partial charge is 0.287 e. The van der Waals surface area contributed by atoms with Crippen LogP contribution in [0.3, 0.4) is 0 Å². The summed E-state index contributed by atoms with van der Waals surface area (Å²) in [5.41, 5.74) is 4.07. The number of fused-ring (bicyclic) bond motifs is 1. The van der Waals surface area contributed by atoms with Crippen molar-refractivity contribution < 1.29 is 23.5 Å². The molecule has 2 heterocycles. The molecule has 3 aromatic carbocycles. The summed E-state index contributed by atoms with van der Waals surface area (Å²) >= 11 is 12.2. The fourth-order valence-corrected chi connectivity index (χ4v) is 4.08. The summed E-state index contributed by atoms with van der Waals surface area (Å²) in [6.07, 6.45) is 2.85. The molecule has 5 rings (SSSR count). The normalized spacial score (nSPS) is 12.5. The van der Waals surface area contributed by atoms with Gasteiger partial charge in [-0.3, -0.25) is 9.59 Å². The summed E-state index contributed by atoms with van der Waals surface area (Å²) in [5.74, 6) is 0.936. The number of carbonyl (C=O) groups is 2. The standard InChI is InChI=1S/C28H19Cl2N3O5/c29-19-7-9-21(22(30)14-19)24-11-8-20(38-24)15-31-33-28(35)23(32-27(34)18-4-2-1-3-5-18)12-17-6-10-25-26(13-17)37-16-36-25/h1-15H,16H2,(H,32,34)(H,33,35)/b23-12+,31-15-. The highest BCUT2D eigenvalue weighted by atomic mass is 35.5. The molecule has 1 aromatic heterocycles. The van der Waals surface area contributed by atoms with E-state index >= 15 is 0 Å². The van der Waals surface area contributed by atoms with Crippen molar-refractivity contribution in [1.29, 1.82) is 0 Å². The molecule has 0 radical (unpaired) electrons. The molecule has 10 heteroatoms. The van der Waals surface area contributed by atoms with Crippen molar-refractivity contribution in [2.45, 2.75) is 0 Å². The molecular weight excluding hydrogens is 529 g/mol. The molecule has 0 atom stereocenters. The van der Waals surface area contributed by atoms with Crippen molar-refractivity contribution >= 4 is 47.3 Å². The van der Waals surface area contributed by atoms with Crippen LogP contribution in [0.25, 0.3) is 17.4 Å². The van der Waals surface area contributed by atoms with Crippen molar-refractivity contribution in [2.75, 3.05) is 6.79 Å². The van der Waals surface area contributed by atoms with E-state index in [0.717, 1.165) is 0 Å². The number of nitrogens with zero attached hydrogens (tertiary/aromatic N) is 1. The van der Waals surface area contributed by atoms with Gasteiger partial charge in [0, 0.05) is 16.1 Å². The number of halogens is 2. The Morgan fingerprint density at radius 1 is 0.895 bits per heavy atom. The van der Waals surface area contributed by atoms with Crippen LogP contribution in [-0.2, 0) is 4.79 Å². The van der Waals surface area contributed by atoms with Crippen LogP contribution >= 0.6 is 23.2 Å². The predicted molar refractivity (Wildman–Crippen MR) is 144 cm³/mol. The summed E-state index contributed by atoms with van der Waals surface area (Å²) in [4.78, 5) is 25.8. The van der Waals surface area contributed by atoms with Crippen LogP contribution in [0.5, 0.6) is 11.5 Å². The molecule has 0 fully saturated rings. The van der Waals surface area contributed by atoms with Crippen LogP contribution in [0.1, 0.15) is 21.7 Å². The molecule has 190 valence electrons. The zero-order chi connectivity index (χ0) is 26.5. The first-order valence-electron chi connectivity index (χ1n) is 11.3. The largest absolute Gasteiger partial charge is 0.455 e. The monoisotopic (exact) mass is 547 g/mol. The number of hydrogen-bond donors (Lipinski definition) is 2. The van der Waals surface area contributed by atoms with Crippen LogP contribution in [0, 0.1) is 0 Å². The maximum Gasteiger partial charge on any atom is 0.287 e. The molecule has 1 aliphatic heterocycles. The quantitative estimate of drug-likeness (QED) is 0.170. The number of benzene rings is 3. The summed E-state index contributed by atoms with van der Waals surface area (Å²) < 4.78 is 16.5. The summed E-state index contributed by atoms with van der Waals surface area (Å²) in [7, 11) is 0. The minimum atomic E-state index is -0.643. The first-order chi connectivity index (χ1) is 18.5. The van der Waals surface area contributed by atoms with Crippen molar-refractivity contribution in [3.63, 3.8) is 0 Å². The number of hydrogen-bond acceptors (Lipinski definition) is 6. The highest BCUT2D eigenvalue weighted by Crippen LogP contribution is 2.33. The number of amides is 2. The van der Waals surface area contributed by atoms with E-state index in [2.05, 4.69) is 15.8 Å². The molecule has 0 bridgehead atoms. The lowest BCUT2D eigenvalue weighted by molar-refractivity contribution is -0.117. The van der Waals surface area contributed by atoms with E-state index in [9.17, 15) is 9.59 Å². The Labute approximate surface area is 227 Å². The molecule has 0 unspecified atom stereocenters. The fraction of sp³-hybridized carbons (Fsp3) is 0.0357. The molecule has 0 saturated heterocycles. The van der Waals surface area contributed by atoms with Crippen molar-refractivity contribution in [3.05, 3.63) is 111 Å². The fourth-order valence-electron chi connectivity index (χ4n) is 3.58. The number of nitrogens with one attached hydrogen (secondary N) is 2. The molecule has 0 aliphatic carbocycles. The molecular formula is C28H19Cl2N3O5. The van der Waals surface area contributed by atoms with E-state index in [4.69, 9.17) is 37.1 Å². The lowest BCUT2D eigenvalue weighted by atomic mass is 10.1. The zero-order valence-corrected chi connectivity index (χ0v) is 21.1. The Kier molecular flexibility index (Phi) is 7.44. The summed E-state index contributed by atoms with van der Waals surface area (Å²) in [5, 5.41) is 7.58. The van der Waals surface area contributed by atoms with E-state index in [1.807, 2.05) is 0 Å². The van der Waals surface area contributed by atoms with Gasteiger partial charge in [-0.15, -0.1) is 0 Å². The van der Waals surface area contributed by atoms with Crippen LogP contribution in [-0.4, -0.2) is 24.8 Å². The second-order valence-corrected chi connectivity index (χ2v) is 8.86. The minimum Gasteiger partial charge on any atom is -0.455 e. The third kappa shape index (κ3) is 5.88. The first-order valence-corrected chi connectivity index (χ1v) is 12.1. The number of ether oxygens (including phenoxy) is 2. The van der Waals surface area contributed by atoms with Crippen molar-refractivity contribution in [2.24, 2.45) is 5.10 Å². The van der Waals surface area contributed by atoms with E-state index in [0.29, 0.717) is 49.8 Å². The number of hydrazone groups is 1. The topological polar surface area (TPSA) is 102 Å². The Bertz CT molecular complexity index is 1560. The molecule has 2 amide bonds. The average Bonchev–Trinajstić information content (AvgIpc) is 3.58. The summed E-state index contributed by atoms with van der Waals surface area (Å²) in [6, 6.07) is 22.2. The maximum absolute atomic E-state index is 13.0. The molecule has 0 saturated carbocycles. The minimum absolute atomic E-state index is 0.0250. The lowest BCUT2D eigenvalue weighted by Crippen LogP contribution is -2.32. The first kappa shape index (κ1) is 25.1. The van der Waals surface area contributed by atoms with Crippen LogP contribution in [0.4, 0.5) is 0 Å². The van der Waals surface area contributed by atoms with Gasteiger partial charge in [0.15, 0.2) is 11.5 Å². The summed E-state index contributed by atoms with van der Waals surface area (Å²) in [6.45, 7) is 0.119. The third-order valence-electron chi connectivity index (χ3n) is 5.42. The SMILES string of the molecule is O=C(N/N=C\c1ccc(-c2ccc(Cl)cc2Cl)o1)/C(=C\c1ccc2c(c1)OCO2)NC(=O)c1ccccc1. The molecule has 8 nitrogen and oxygen atoms in total. The molecule has 0 spiro atoms. The molecule has 2 N–H and O–H groups in total. The van der Waals surface area contributed by atoms with Crippen molar-refractivity contribution in [1.82, 2.24) is 10.7 Å². The van der Waals surface area contributed by atoms with Gasteiger partial charge in [0.25, 0.3) is 11.8 Å². The van der Waals surface area contributed by atoms with E-state index < -0.39 is 11.8 Å². The lowest BCUT2D eigenvalue weighted by Gasteiger charge is -2.09. The zero-order valence-electron chi connectivity index (χ0n) is 19.6. The third-order valence-corrected chi connectivity index (χ3v) is 5.97. The van der Waals surface area contributed by atoms with E-state index in [1.54, 1.807) is 78.9 Å². The van der Waals surface area contributed by atoms with Gasteiger partial charge in [0.2, 0.25) is 6.79 Å². The van der Waals surface area contributed by atoms with Gasteiger partial charge in [0.05, 0.1) is 11.2 Å². The number of furan rings is 1. The highest BCUT2D eigenvalue weighted by molar-refractivity contribution is 6.36.